The van der Waals surface area contributed by atoms with Gasteiger partial charge in [-0.1, -0.05) is 36.4 Å². The molecule has 0 N–H and O–H groups in total. The van der Waals surface area contributed by atoms with E-state index in [1.54, 1.807) is 7.11 Å². The molecule has 3 rings (SSSR count). The molecular weight excluding hydrogens is 286 g/mol. The second-order valence-electron chi connectivity index (χ2n) is 5.95. The molecule has 0 unspecified atom stereocenters. The fraction of sp³-hybridized carbons (Fsp3) is 0.400. The first kappa shape index (κ1) is 16.0. The molecular formula is C20H25NO2. The lowest BCUT2D eigenvalue weighted by molar-refractivity contribution is 0.0375. The molecule has 3 nitrogen and oxygen atoms in total. The van der Waals surface area contributed by atoms with Crippen LogP contribution in [0.25, 0.3) is 11.1 Å². The molecule has 1 saturated heterocycles. The zero-order valence-electron chi connectivity index (χ0n) is 13.8. The van der Waals surface area contributed by atoms with Crippen LogP contribution in [0.1, 0.15) is 12.0 Å². The maximum Gasteiger partial charge on any atom is 0.119 e. The average Bonchev–Trinajstić information content (AvgIpc) is 2.63. The van der Waals surface area contributed by atoms with Crippen molar-refractivity contribution in [2.75, 3.05) is 40.0 Å². The first-order valence-electron chi connectivity index (χ1n) is 8.39. The first-order valence-corrected chi connectivity index (χ1v) is 8.39. The van der Waals surface area contributed by atoms with Gasteiger partial charge >= 0.3 is 0 Å². The van der Waals surface area contributed by atoms with Crippen molar-refractivity contribution >= 4 is 0 Å². The van der Waals surface area contributed by atoms with E-state index < -0.39 is 0 Å². The summed E-state index contributed by atoms with van der Waals surface area (Å²) >= 11 is 0. The van der Waals surface area contributed by atoms with E-state index in [1.165, 1.54) is 23.1 Å². The highest BCUT2D eigenvalue weighted by atomic mass is 16.5. The number of nitrogens with zero attached hydrogens (tertiary/aromatic N) is 1. The number of hydrogen-bond acceptors (Lipinski definition) is 3. The molecule has 1 aliphatic heterocycles. The number of methoxy groups -OCH3 is 1. The summed E-state index contributed by atoms with van der Waals surface area (Å²) < 4.78 is 10.8. The monoisotopic (exact) mass is 311 g/mol. The number of aryl methyl sites for hydroxylation is 1. The molecule has 2 aromatic carbocycles. The Morgan fingerprint density at radius 2 is 1.87 bits per heavy atom. The summed E-state index contributed by atoms with van der Waals surface area (Å²) in [6.07, 6.45) is 2.28. The third-order valence-corrected chi connectivity index (χ3v) is 4.42. The number of benzene rings is 2. The average molecular weight is 311 g/mol. The van der Waals surface area contributed by atoms with Crippen LogP contribution in [0.4, 0.5) is 0 Å². The highest BCUT2D eigenvalue weighted by molar-refractivity contribution is 5.68. The summed E-state index contributed by atoms with van der Waals surface area (Å²) in [4.78, 5) is 2.50. The summed E-state index contributed by atoms with van der Waals surface area (Å²) in [6, 6.07) is 17.0. The van der Waals surface area contributed by atoms with Crippen molar-refractivity contribution in [2.45, 2.75) is 12.8 Å². The molecule has 1 heterocycles. The Balaban J connectivity index is 1.67. The highest BCUT2D eigenvalue weighted by Crippen LogP contribution is 2.27. The Morgan fingerprint density at radius 3 is 2.70 bits per heavy atom. The lowest BCUT2D eigenvalue weighted by Gasteiger charge is -2.26. The lowest BCUT2D eigenvalue weighted by Crippen LogP contribution is -2.36. The Kier molecular flexibility index (Phi) is 5.67. The van der Waals surface area contributed by atoms with E-state index >= 15 is 0 Å². The minimum absolute atomic E-state index is 0.875. The summed E-state index contributed by atoms with van der Waals surface area (Å²) in [5.74, 6) is 0.908. The third-order valence-electron chi connectivity index (χ3n) is 4.42. The van der Waals surface area contributed by atoms with Crippen LogP contribution in [0, 0.1) is 0 Å². The normalized spacial score (nSPS) is 15.5. The molecule has 0 atom stereocenters. The maximum atomic E-state index is 5.41. The number of morpholine rings is 1. The smallest absolute Gasteiger partial charge is 0.119 e. The summed E-state index contributed by atoms with van der Waals surface area (Å²) in [5, 5.41) is 0. The number of ether oxygens (including phenoxy) is 2. The van der Waals surface area contributed by atoms with Gasteiger partial charge in [0, 0.05) is 13.1 Å². The zero-order chi connectivity index (χ0) is 15.9. The quantitative estimate of drug-likeness (QED) is 0.813. The van der Waals surface area contributed by atoms with Crippen LogP contribution >= 0.6 is 0 Å². The molecule has 2 aromatic rings. The van der Waals surface area contributed by atoms with Crippen molar-refractivity contribution < 1.29 is 9.47 Å². The van der Waals surface area contributed by atoms with Crippen molar-refractivity contribution in [3.05, 3.63) is 54.1 Å². The predicted octanol–water partition coefficient (Wildman–Crippen LogP) is 3.63. The van der Waals surface area contributed by atoms with Gasteiger partial charge in [0.1, 0.15) is 5.75 Å². The summed E-state index contributed by atoms with van der Waals surface area (Å²) in [7, 11) is 1.72. The van der Waals surface area contributed by atoms with Gasteiger partial charge in [-0.2, -0.15) is 0 Å². The van der Waals surface area contributed by atoms with Crippen LogP contribution in [0.2, 0.25) is 0 Å². The third kappa shape index (κ3) is 4.34. The van der Waals surface area contributed by atoms with Gasteiger partial charge in [-0.05, 0) is 48.2 Å². The molecule has 0 radical (unpaired) electrons. The van der Waals surface area contributed by atoms with E-state index in [-0.39, 0.29) is 0 Å². The fourth-order valence-electron chi connectivity index (χ4n) is 3.13. The Labute approximate surface area is 138 Å². The zero-order valence-corrected chi connectivity index (χ0v) is 13.8. The Hall–Kier alpha value is -1.84. The van der Waals surface area contributed by atoms with Crippen LogP contribution in [-0.2, 0) is 11.2 Å². The first-order chi connectivity index (χ1) is 11.4. The molecule has 23 heavy (non-hydrogen) atoms. The van der Waals surface area contributed by atoms with Crippen molar-refractivity contribution in [3.63, 3.8) is 0 Å². The predicted molar refractivity (Wildman–Crippen MR) is 94.0 cm³/mol. The fourth-order valence-corrected chi connectivity index (χ4v) is 3.13. The summed E-state index contributed by atoms with van der Waals surface area (Å²) in [6.45, 7) is 5.03. The molecule has 0 bridgehead atoms. The maximum absolute atomic E-state index is 5.41. The van der Waals surface area contributed by atoms with Crippen LogP contribution in [0.3, 0.4) is 0 Å². The van der Waals surface area contributed by atoms with Crippen molar-refractivity contribution in [2.24, 2.45) is 0 Å². The highest BCUT2D eigenvalue weighted by Gasteiger charge is 2.10. The van der Waals surface area contributed by atoms with Crippen LogP contribution in [-0.4, -0.2) is 44.9 Å². The topological polar surface area (TPSA) is 21.7 Å². The second kappa shape index (κ2) is 8.14. The molecule has 1 aliphatic rings. The minimum atomic E-state index is 0.875. The standard InChI is InChI=1S/C20H25NO2/c1-22-19-9-4-7-18(16-19)20-10-3-2-6-17(20)8-5-11-21-12-14-23-15-13-21/h2-4,6-7,9-10,16H,5,8,11-15H2,1H3. The SMILES string of the molecule is COc1cccc(-c2ccccc2CCCN2CCOCC2)c1. The Bertz CT molecular complexity index is 621. The Morgan fingerprint density at radius 1 is 1.04 bits per heavy atom. The van der Waals surface area contributed by atoms with Crippen molar-refractivity contribution in [1.29, 1.82) is 0 Å². The van der Waals surface area contributed by atoms with Gasteiger partial charge in [-0.25, -0.2) is 0 Å². The van der Waals surface area contributed by atoms with E-state index in [2.05, 4.69) is 47.4 Å². The van der Waals surface area contributed by atoms with E-state index in [9.17, 15) is 0 Å². The minimum Gasteiger partial charge on any atom is -0.497 e. The molecule has 3 heteroatoms. The van der Waals surface area contributed by atoms with Crippen LogP contribution in [0.15, 0.2) is 48.5 Å². The molecule has 0 spiro atoms. The largest absolute Gasteiger partial charge is 0.497 e. The summed E-state index contributed by atoms with van der Waals surface area (Å²) in [5.41, 5.74) is 3.95. The van der Waals surface area contributed by atoms with E-state index in [1.807, 2.05) is 6.07 Å². The van der Waals surface area contributed by atoms with Gasteiger partial charge in [-0.15, -0.1) is 0 Å². The number of hydrogen-bond donors (Lipinski definition) is 0. The molecule has 1 fully saturated rings. The van der Waals surface area contributed by atoms with Crippen LogP contribution < -0.4 is 4.74 Å². The van der Waals surface area contributed by atoms with Crippen molar-refractivity contribution in [3.8, 4) is 16.9 Å². The van der Waals surface area contributed by atoms with Gasteiger partial charge in [0.15, 0.2) is 0 Å². The van der Waals surface area contributed by atoms with E-state index in [0.717, 1.165) is 45.0 Å². The number of rotatable bonds is 6. The van der Waals surface area contributed by atoms with Gasteiger partial charge in [0.05, 0.1) is 20.3 Å². The molecule has 0 saturated carbocycles. The molecule has 0 amide bonds. The van der Waals surface area contributed by atoms with Gasteiger partial charge < -0.3 is 9.47 Å². The van der Waals surface area contributed by atoms with Gasteiger partial charge in [0.25, 0.3) is 0 Å². The molecule has 0 aliphatic carbocycles. The van der Waals surface area contributed by atoms with Crippen molar-refractivity contribution in [1.82, 2.24) is 4.90 Å². The van der Waals surface area contributed by atoms with Gasteiger partial charge in [-0.3, -0.25) is 4.90 Å². The van der Waals surface area contributed by atoms with E-state index in [4.69, 9.17) is 9.47 Å². The van der Waals surface area contributed by atoms with E-state index in [0.29, 0.717) is 0 Å². The lowest BCUT2D eigenvalue weighted by atomic mass is 9.96. The molecule has 0 aromatic heterocycles. The van der Waals surface area contributed by atoms with Gasteiger partial charge in [0.2, 0.25) is 0 Å². The molecule has 122 valence electrons. The van der Waals surface area contributed by atoms with Crippen LogP contribution in [0.5, 0.6) is 5.75 Å². The second-order valence-corrected chi connectivity index (χ2v) is 5.95.